The normalized spacial score (nSPS) is 13.7. The van der Waals surface area contributed by atoms with Crippen molar-refractivity contribution in [3.8, 4) is 11.1 Å². The number of aromatic nitrogens is 4. The van der Waals surface area contributed by atoms with Crippen LogP contribution in [0.25, 0.3) is 22.0 Å². The van der Waals surface area contributed by atoms with Crippen molar-refractivity contribution in [2.24, 2.45) is 5.92 Å². The minimum absolute atomic E-state index is 0.0241. The van der Waals surface area contributed by atoms with Gasteiger partial charge in [-0.15, -0.1) is 0 Å². The Morgan fingerprint density at radius 1 is 1.08 bits per heavy atom. The molecule has 1 saturated carbocycles. The summed E-state index contributed by atoms with van der Waals surface area (Å²) in [4.78, 5) is 24.8. The zero-order valence-corrected chi connectivity index (χ0v) is 20.5. The maximum Gasteiger partial charge on any atom is 0.416 e. The molecule has 5 rings (SSSR count). The van der Waals surface area contributed by atoms with Crippen molar-refractivity contribution in [3.05, 3.63) is 58.9 Å². The Hall–Kier alpha value is -4.15. The van der Waals surface area contributed by atoms with E-state index in [2.05, 4.69) is 25.9 Å². The van der Waals surface area contributed by atoms with E-state index in [4.69, 9.17) is 0 Å². The largest absolute Gasteiger partial charge is 0.416 e. The number of carbonyl (C=O) groups excluding carboxylic acids is 2. The number of rotatable bonds is 6. The summed E-state index contributed by atoms with van der Waals surface area (Å²) in [6.45, 7) is 4.86. The van der Waals surface area contributed by atoms with E-state index in [9.17, 15) is 22.8 Å². The summed E-state index contributed by atoms with van der Waals surface area (Å²) < 4.78 is 41.2. The van der Waals surface area contributed by atoms with Gasteiger partial charge in [0.2, 0.25) is 11.8 Å². The monoisotopic (exact) mass is 510 g/mol. The van der Waals surface area contributed by atoms with E-state index >= 15 is 0 Å². The Morgan fingerprint density at radius 2 is 1.84 bits per heavy atom. The number of aromatic amines is 1. The summed E-state index contributed by atoms with van der Waals surface area (Å²) in [6.07, 6.45) is -2.70. The molecule has 2 aromatic heterocycles. The summed E-state index contributed by atoms with van der Waals surface area (Å²) in [6, 6.07) is 9.37. The Labute approximate surface area is 210 Å². The molecular formula is C26H25F3N6O2. The van der Waals surface area contributed by atoms with Crippen LogP contribution in [0.15, 0.2) is 36.4 Å². The molecule has 0 unspecified atom stereocenters. The molecule has 1 aliphatic rings. The van der Waals surface area contributed by atoms with Gasteiger partial charge in [-0.25, -0.2) is 0 Å². The highest BCUT2D eigenvalue weighted by Crippen LogP contribution is 2.35. The van der Waals surface area contributed by atoms with Gasteiger partial charge in [-0.05, 0) is 69.0 Å². The average Bonchev–Trinajstić information content (AvgIpc) is 3.55. The summed E-state index contributed by atoms with van der Waals surface area (Å²) in [5, 5.41) is 17.9. The minimum atomic E-state index is -4.51. The molecule has 0 aliphatic heterocycles. The second-order valence-electron chi connectivity index (χ2n) is 9.38. The lowest BCUT2D eigenvalue weighted by Crippen LogP contribution is -2.21. The number of H-pyrrole nitrogens is 1. The first kappa shape index (κ1) is 24.5. The Bertz CT molecular complexity index is 1530. The molecule has 37 heavy (non-hydrogen) atoms. The van der Waals surface area contributed by atoms with E-state index in [0.29, 0.717) is 11.5 Å². The zero-order valence-electron chi connectivity index (χ0n) is 20.5. The number of anilines is 2. The predicted octanol–water partition coefficient (Wildman–Crippen LogP) is 5.36. The number of carbonyl (C=O) groups is 2. The van der Waals surface area contributed by atoms with Crippen LogP contribution in [-0.2, 0) is 22.3 Å². The highest BCUT2D eigenvalue weighted by atomic mass is 19.4. The smallest absolute Gasteiger partial charge is 0.324 e. The first-order chi connectivity index (χ1) is 17.5. The van der Waals surface area contributed by atoms with Crippen LogP contribution in [0.2, 0.25) is 0 Å². The third-order valence-corrected chi connectivity index (χ3v) is 6.54. The van der Waals surface area contributed by atoms with Crippen molar-refractivity contribution in [1.82, 2.24) is 20.0 Å². The van der Waals surface area contributed by atoms with Crippen LogP contribution in [0, 0.1) is 26.7 Å². The molecule has 1 aliphatic carbocycles. The maximum absolute atomic E-state index is 13.2. The number of hydrogen-bond acceptors (Lipinski definition) is 4. The molecule has 4 aromatic rings. The van der Waals surface area contributed by atoms with E-state index in [-0.39, 0.29) is 29.6 Å². The van der Waals surface area contributed by atoms with Crippen LogP contribution >= 0.6 is 0 Å². The standard InChI is InChI=1S/C26H25F3N6O2/c1-13-4-8-18(11-20(13)26(27,28)29)30-22(36)12-35-15(3)23(14(2)34-35)17-7-9-19-21(10-17)32-33-24(19)31-25(37)16-5-6-16/h4,7-11,16H,5-6,12H2,1-3H3,(H,30,36)(H2,31,32,33,37). The van der Waals surface area contributed by atoms with E-state index in [0.717, 1.165) is 46.6 Å². The molecule has 2 heterocycles. The van der Waals surface area contributed by atoms with Crippen molar-refractivity contribution in [2.75, 3.05) is 10.6 Å². The predicted molar refractivity (Wildman–Crippen MR) is 133 cm³/mol. The SMILES string of the molecule is Cc1ccc(NC(=O)Cn2nc(C)c(-c3ccc4c(NC(=O)C5CC5)n[nH]c4c3)c2C)cc1C(F)(F)F. The molecule has 0 atom stereocenters. The highest BCUT2D eigenvalue weighted by molar-refractivity contribution is 6.02. The van der Waals surface area contributed by atoms with E-state index in [1.807, 2.05) is 32.0 Å². The number of hydrogen-bond donors (Lipinski definition) is 3. The van der Waals surface area contributed by atoms with E-state index < -0.39 is 17.6 Å². The second kappa shape index (κ2) is 9.06. The molecule has 0 saturated heterocycles. The number of nitrogens with one attached hydrogen (secondary N) is 3. The van der Waals surface area contributed by atoms with Crippen LogP contribution in [0.4, 0.5) is 24.7 Å². The number of fused-ring (bicyclic) bond motifs is 1. The van der Waals surface area contributed by atoms with Gasteiger partial charge in [-0.1, -0.05) is 12.1 Å². The summed E-state index contributed by atoms with van der Waals surface area (Å²) in [5.74, 6) is 0.0410. The van der Waals surface area contributed by atoms with Gasteiger partial charge in [0.25, 0.3) is 0 Å². The van der Waals surface area contributed by atoms with Crippen molar-refractivity contribution < 1.29 is 22.8 Å². The summed E-state index contributed by atoms with van der Waals surface area (Å²) in [7, 11) is 0. The van der Waals surface area contributed by atoms with Gasteiger partial charge in [-0.2, -0.15) is 23.4 Å². The fraction of sp³-hybridized carbons (Fsp3) is 0.308. The molecule has 2 aromatic carbocycles. The number of aryl methyl sites for hydroxylation is 2. The molecule has 3 N–H and O–H groups in total. The molecule has 11 heteroatoms. The number of halogens is 3. The molecule has 0 bridgehead atoms. The van der Waals surface area contributed by atoms with Gasteiger partial charge in [0.1, 0.15) is 6.54 Å². The first-order valence-corrected chi connectivity index (χ1v) is 11.8. The van der Waals surface area contributed by atoms with Gasteiger partial charge >= 0.3 is 6.18 Å². The molecule has 0 radical (unpaired) electrons. The molecule has 2 amide bonds. The third kappa shape index (κ3) is 4.93. The average molecular weight is 511 g/mol. The Balaban J connectivity index is 1.34. The Kier molecular flexibility index (Phi) is 6.01. The topological polar surface area (TPSA) is 105 Å². The second-order valence-corrected chi connectivity index (χ2v) is 9.38. The van der Waals surface area contributed by atoms with Crippen LogP contribution < -0.4 is 10.6 Å². The fourth-order valence-electron chi connectivity index (χ4n) is 4.45. The minimum Gasteiger partial charge on any atom is -0.324 e. The lowest BCUT2D eigenvalue weighted by Gasteiger charge is -2.13. The lowest BCUT2D eigenvalue weighted by atomic mass is 10.0. The molecule has 1 fully saturated rings. The summed E-state index contributed by atoms with van der Waals surface area (Å²) >= 11 is 0. The van der Waals surface area contributed by atoms with Crippen LogP contribution in [0.3, 0.4) is 0 Å². The number of nitrogens with zero attached hydrogens (tertiary/aromatic N) is 3. The fourth-order valence-corrected chi connectivity index (χ4v) is 4.45. The zero-order chi connectivity index (χ0) is 26.5. The summed E-state index contributed by atoms with van der Waals surface area (Å²) in [5.41, 5.74) is 3.22. The number of amides is 2. The molecule has 8 nitrogen and oxygen atoms in total. The van der Waals surface area contributed by atoms with Gasteiger partial charge in [-0.3, -0.25) is 19.4 Å². The van der Waals surface area contributed by atoms with Crippen molar-refractivity contribution >= 4 is 34.2 Å². The van der Waals surface area contributed by atoms with Crippen LogP contribution in [0.5, 0.6) is 0 Å². The van der Waals surface area contributed by atoms with Gasteiger partial charge in [0.15, 0.2) is 5.82 Å². The van der Waals surface area contributed by atoms with Gasteiger partial charge < -0.3 is 10.6 Å². The van der Waals surface area contributed by atoms with E-state index in [1.54, 1.807) is 0 Å². The molecular weight excluding hydrogens is 485 g/mol. The quantitative estimate of drug-likeness (QED) is 0.325. The van der Waals surface area contributed by atoms with Crippen molar-refractivity contribution in [2.45, 2.75) is 46.3 Å². The first-order valence-electron chi connectivity index (χ1n) is 11.8. The lowest BCUT2D eigenvalue weighted by molar-refractivity contribution is -0.138. The third-order valence-electron chi connectivity index (χ3n) is 6.54. The molecule has 192 valence electrons. The number of benzene rings is 2. The van der Waals surface area contributed by atoms with Crippen molar-refractivity contribution in [1.29, 1.82) is 0 Å². The van der Waals surface area contributed by atoms with Crippen LogP contribution in [-0.4, -0.2) is 31.8 Å². The highest BCUT2D eigenvalue weighted by Gasteiger charge is 2.33. The van der Waals surface area contributed by atoms with E-state index in [1.165, 1.54) is 23.7 Å². The maximum atomic E-state index is 13.2. The van der Waals surface area contributed by atoms with Crippen LogP contribution in [0.1, 0.15) is 35.4 Å². The van der Waals surface area contributed by atoms with Gasteiger partial charge in [0, 0.05) is 28.2 Å². The Morgan fingerprint density at radius 3 is 2.54 bits per heavy atom. The number of alkyl halides is 3. The van der Waals surface area contributed by atoms with Gasteiger partial charge in [0.05, 0.1) is 16.8 Å². The molecule has 0 spiro atoms. The van der Waals surface area contributed by atoms with Crippen molar-refractivity contribution in [3.63, 3.8) is 0 Å².